The maximum atomic E-state index is 13.0. The van der Waals surface area contributed by atoms with Gasteiger partial charge in [0.25, 0.3) is 5.91 Å². The van der Waals surface area contributed by atoms with Crippen LogP contribution >= 0.6 is 22.9 Å². The summed E-state index contributed by atoms with van der Waals surface area (Å²) in [6.07, 6.45) is 4.71. The van der Waals surface area contributed by atoms with E-state index in [1.807, 2.05) is 35.2 Å². The van der Waals surface area contributed by atoms with Gasteiger partial charge in [0.1, 0.15) is 22.0 Å². The molecular weight excluding hydrogens is 528 g/mol. The van der Waals surface area contributed by atoms with Crippen LogP contribution in [-0.4, -0.2) is 62.2 Å². The second kappa shape index (κ2) is 11.3. The number of anilines is 1. The lowest BCUT2D eigenvalue weighted by Crippen LogP contribution is -2.55. The smallest absolute Gasteiger partial charge is 0.348 e. The number of aromatic carboxylic acids is 1. The van der Waals surface area contributed by atoms with E-state index in [9.17, 15) is 14.7 Å². The molecule has 5 rings (SSSR count). The number of ether oxygens (including phenoxy) is 1. The van der Waals surface area contributed by atoms with Crippen LogP contribution in [0.4, 0.5) is 5.13 Å². The number of amides is 1. The summed E-state index contributed by atoms with van der Waals surface area (Å²) in [5.41, 5.74) is 2.79. The van der Waals surface area contributed by atoms with Crippen molar-refractivity contribution in [2.45, 2.75) is 32.1 Å². The molecule has 10 nitrogen and oxygen atoms in total. The molecule has 4 aromatic rings. The zero-order valence-corrected chi connectivity index (χ0v) is 22.0. The van der Waals surface area contributed by atoms with Gasteiger partial charge in [-0.25, -0.2) is 9.78 Å². The van der Waals surface area contributed by atoms with Crippen LogP contribution in [-0.2, 0) is 11.3 Å². The molecule has 3 aromatic heterocycles. The summed E-state index contributed by atoms with van der Waals surface area (Å²) in [6.45, 7) is 3.13. The Kier molecular flexibility index (Phi) is 7.68. The Balaban J connectivity index is 1.37. The van der Waals surface area contributed by atoms with E-state index >= 15 is 0 Å². The molecule has 1 aromatic carbocycles. The van der Waals surface area contributed by atoms with Crippen molar-refractivity contribution >= 4 is 39.9 Å². The predicted octanol–water partition coefficient (Wildman–Crippen LogP) is 4.18. The zero-order chi connectivity index (χ0) is 26.6. The van der Waals surface area contributed by atoms with Crippen LogP contribution in [0.5, 0.6) is 0 Å². The van der Waals surface area contributed by atoms with Crippen molar-refractivity contribution in [2.24, 2.45) is 0 Å². The van der Waals surface area contributed by atoms with E-state index in [1.54, 1.807) is 13.0 Å². The number of piperidine rings is 1. The fraction of sp³-hybridized carbons (Fsp3) is 0.269. The van der Waals surface area contributed by atoms with Gasteiger partial charge in [0.05, 0.1) is 30.0 Å². The number of aromatic amines is 1. The Morgan fingerprint density at radius 2 is 2.11 bits per heavy atom. The van der Waals surface area contributed by atoms with Crippen LogP contribution in [0, 0.1) is 6.92 Å². The maximum Gasteiger partial charge on any atom is 0.348 e. The van der Waals surface area contributed by atoms with Gasteiger partial charge in [0.15, 0.2) is 5.13 Å². The molecule has 1 aliphatic heterocycles. The van der Waals surface area contributed by atoms with Gasteiger partial charge in [0.2, 0.25) is 0 Å². The molecule has 0 bridgehead atoms. The number of nitrogens with zero attached hydrogens (tertiary/aromatic N) is 4. The summed E-state index contributed by atoms with van der Waals surface area (Å²) in [5, 5.41) is 13.9. The van der Waals surface area contributed by atoms with E-state index in [0.717, 1.165) is 22.6 Å². The Labute approximate surface area is 227 Å². The lowest BCUT2D eigenvalue weighted by atomic mass is 10.0. The molecule has 0 unspecified atom stereocenters. The second-order valence-electron chi connectivity index (χ2n) is 8.88. The number of nitrogens with one attached hydrogen (secondary N) is 2. The first-order valence-corrected chi connectivity index (χ1v) is 13.2. The minimum Gasteiger partial charge on any atom is -0.477 e. The molecule has 196 valence electrons. The fourth-order valence-electron chi connectivity index (χ4n) is 4.29. The molecule has 1 fully saturated rings. The number of aryl methyl sites for hydroxylation is 1. The Morgan fingerprint density at radius 1 is 1.29 bits per heavy atom. The van der Waals surface area contributed by atoms with Crippen molar-refractivity contribution in [1.82, 2.24) is 25.3 Å². The van der Waals surface area contributed by atoms with E-state index in [4.69, 9.17) is 16.3 Å². The summed E-state index contributed by atoms with van der Waals surface area (Å²) in [7, 11) is 0. The molecule has 1 aliphatic rings. The zero-order valence-electron chi connectivity index (χ0n) is 20.4. The molecule has 3 N–H and O–H groups in total. The first kappa shape index (κ1) is 25.8. The number of halogens is 1. The molecule has 4 heterocycles. The highest BCUT2D eigenvalue weighted by Gasteiger charge is 2.34. The minimum absolute atomic E-state index is 0.0941. The number of benzene rings is 1. The first-order valence-electron chi connectivity index (χ1n) is 12.0. The maximum absolute atomic E-state index is 13.0. The number of hydrogen-bond donors (Lipinski definition) is 3. The molecule has 0 saturated carbocycles. The monoisotopic (exact) mass is 552 g/mol. The number of carboxylic acids is 1. The summed E-state index contributed by atoms with van der Waals surface area (Å²) in [6, 6.07) is 11.1. The van der Waals surface area contributed by atoms with E-state index in [2.05, 4.69) is 25.3 Å². The molecule has 0 spiro atoms. The standard InChI is InChI=1S/C26H25ClN6O4S/c1-15-17(27)11-19(30-15)24(34)31-18-7-10-33(13-21(18)37-14-16-5-3-2-4-6-16)26-32-22(23(38-26)25(35)36)20-12-28-8-9-29-20/h2-6,8-9,11-12,18,21,30H,7,10,13-14H2,1H3,(H,31,34)(H,35,36)/t18-,21+/m1/s1. The lowest BCUT2D eigenvalue weighted by Gasteiger charge is -2.38. The highest BCUT2D eigenvalue weighted by Crippen LogP contribution is 2.34. The Morgan fingerprint density at radius 3 is 2.79 bits per heavy atom. The molecule has 1 amide bonds. The Hall–Kier alpha value is -3.80. The van der Waals surface area contributed by atoms with Gasteiger partial charge >= 0.3 is 5.97 Å². The number of thiazole rings is 1. The van der Waals surface area contributed by atoms with E-state index in [0.29, 0.717) is 47.7 Å². The van der Waals surface area contributed by atoms with Gasteiger partial charge in [0, 0.05) is 31.2 Å². The average molecular weight is 553 g/mol. The van der Waals surface area contributed by atoms with Crippen LogP contribution in [0.3, 0.4) is 0 Å². The molecule has 0 radical (unpaired) electrons. The molecule has 12 heteroatoms. The summed E-state index contributed by atoms with van der Waals surface area (Å²) in [4.78, 5) is 42.9. The summed E-state index contributed by atoms with van der Waals surface area (Å²) >= 11 is 7.22. The van der Waals surface area contributed by atoms with Crippen molar-refractivity contribution in [3.8, 4) is 11.4 Å². The third kappa shape index (κ3) is 5.69. The lowest BCUT2D eigenvalue weighted by molar-refractivity contribution is 0.00967. The molecule has 2 atom stereocenters. The van der Waals surface area contributed by atoms with Gasteiger partial charge in [-0.05, 0) is 25.0 Å². The summed E-state index contributed by atoms with van der Waals surface area (Å²) in [5.74, 6) is -1.34. The minimum atomic E-state index is -1.08. The van der Waals surface area contributed by atoms with Gasteiger partial charge < -0.3 is 25.0 Å². The predicted molar refractivity (Wildman–Crippen MR) is 144 cm³/mol. The van der Waals surface area contributed by atoms with Crippen LogP contribution in [0.15, 0.2) is 55.0 Å². The topological polar surface area (TPSA) is 133 Å². The highest BCUT2D eigenvalue weighted by molar-refractivity contribution is 7.17. The van der Waals surface area contributed by atoms with Gasteiger partial charge in [-0.15, -0.1) is 0 Å². The largest absolute Gasteiger partial charge is 0.477 e. The number of rotatable bonds is 8. The third-order valence-corrected chi connectivity index (χ3v) is 7.76. The highest BCUT2D eigenvalue weighted by atomic mass is 35.5. The van der Waals surface area contributed by atoms with Crippen molar-refractivity contribution in [2.75, 3.05) is 18.0 Å². The first-order chi connectivity index (χ1) is 18.4. The van der Waals surface area contributed by atoms with E-state index in [-0.39, 0.29) is 28.6 Å². The van der Waals surface area contributed by atoms with E-state index < -0.39 is 5.97 Å². The number of aromatic nitrogens is 4. The number of carbonyl (C=O) groups is 2. The van der Waals surface area contributed by atoms with Crippen LogP contribution in [0.25, 0.3) is 11.4 Å². The number of hydrogen-bond acceptors (Lipinski definition) is 8. The van der Waals surface area contributed by atoms with Crippen LogP contribution < -0.4 is 10.2 Å². The van der Waals surface area contributed by atoms with Crippen LogP contribution in [0.1, 0.15) is 37.8 Å². The fourth-order valence-corrected chi connectivity index (χ4v) is 5.39. The van der Waals surface area contributed by atoms with Crippen molar-refractivity contribution in [1.29, 1.82) is 0 Å². The number of carboxylic acid groups (broad SMARTS) is 1. The average Bonchev–Trinajstić information content (AvgIpc) is 3.53. The van der Waals surface area contributed by atoms with E-state index in [1.165, 1.54) is 18.6 Å². The Bertz CT molecular complexity index is 1410. The van der Waals surface area contributed by atoms with Crippen LogP contribution in [0.2, 0.25) is 5.02 Å². The number of carbonyl (C=O) groups excluding carboxylic acids is 1. The van der Waals surface area contributed by atoms with Crippen molar-refractivity contribution in [3.05, 3.63) is 81.8 Å². The van der Waals surface area contributed by atoms with Gasteiger partial charge in [-0.1, -0.05) is 53.3 Å². The SMILES string of the molecule is Cc1[nH]c(C(=O)N[C@@H]2CCN(c3nc(-c4cnccn4)c(C(=O)O)s3)C[C@@H]2OCc2ccccc2)cc1Cl. The van der Waals surface area contributed by atoms with Gasteiger partial charge in [-0.3, -0.25) is 14.8 Å². The van der Waals surface area contributed by atoms with Crippen molar-refractivity contribution < 1.29 is 19.4 Å². The molecular formula is C26H25ClN6O4S. The molecule has 1 saturated heterocycles. The summed E-state index contributed by atoms with van der Waals surface area (Å²) < 4.78 is 6.31. The third-order valence-electron chi connectivity index (χ3n) is 6.27. The quantitative estimate of drug-likeness (QED) is 0.296. The second-order valence-corrected chi connectivity index (χ2v) is 10.3. The molecule has 38 heavy (non-hydrogen) atoms. The van der Waals surface area contributed by atoms with Crippen molar-refractivity contribution in [3.63, 3.8) is 0 Å². The van der Waals surface area contributed by atoms with Gasteiger partial charge in [-0.2, -0.15) is 0 Å². The molecule has 0 aliphatic carbocycles. The normalized spacial score (nSPS) is 17.4. The number of H-pyrrole nitrogens is 1.